The quantitative estimate of drug-likeness (QED) is 0.213. The number of thiocarbonyl (C=S) groups is 1. The lowest BCUT2D eigenvalue weighted by Crippen LogP contribution is -2.29. The fourth-order valence-corrected chi connectivity index (χ4v) is 6.86. The zero-order valence-electron chi connectivity index (χ0n) is 25.3. The summed E-state index contributed by atoms with van der Waals surface area (Å²) in [6.07, 6.45) is 2.90. The van der Waals surface area contributed by atoms with E-state index in [-0.39, 0.29) is 12.1 Å². The molecule has 9 nitrogen and oxygen atoms in total. The summed E-state index contributed by atoms with van der Waals surface area (Å²) in [6, 6.07) is 21.6. The molecule has 43 heavy (non-hydrogen) atoms. The monoisotopic (exact) mass is 618 g/mol. The summed E-state index contributed by atoms with van der Waals surface area (Å²) in [5, 5.41) is 4.02. The SMILES string of the molecule is CCN(CC)c1ccc(-n2c(C)cc([C@H]3[C@@H](c4ccccn4)NC(=S)N3c3ccc(OC)c(NS(C)(=O)=O)c3)c2C)cc1. The lowest BCUT2D eigenvalue weighted by atomic mass is 9.96. The second-order valence-electron chi connectivity index (χ2n) is 10.6. The molecule has 2 aromatic heterocycles. The van der Waals surface area contributed by atoms with Crippen molar-refractivity contribution in [2.24, 2.45) is 0 Å². The van der Waals surface area contributed by atoms with Gasteiger partial charge in [0.05, 0.1) is 36.8 Å². The van der Waals surface area contributed by atoms with Gasteiger partial charge in [0.25, 0.3) is 0 Å². The molecule has 3 heterocycles. The lowest BCUT2D eigenvalue weighted by molar-refractivity contribution is 0.417. The fraction of sp³-hybridized carbons (Fsp3) is 0.312. The maximum absolute atomic E-state index is 12.2. The molecule has 0 saturated carbocycles. The minimum Gasteiger partial charge on any atom is -0.495 e. The van der Waals surface area contributed by atoms with Gasteiger partial charge >= 0.3 is 0 Å². The maximum Gasteiger partial charge on any atom is 0.229 e. The van der Waals surface area contributed by atoms with Gasteiger partial charge in [-0.2, -0.15) is 0 Å². The molecular weight excluding hydrogens is 581 g/mol. The third-order valence-corrected chi connectivity index (χ3v) is 8.79. The van der Waals surface area contributed by atoms with E-state index in [4.69, 9.17) is 17.0 Å². The number of hydrogen-bond donors (Lipinski definition) is 2. The molecule has 0 aliphatic carbocycles. The Balaban J connectivity index is 1.64. The summed E-state index contributed by atoms with van der Waals surface area (Å²) >= 11 is 5.93. The number of nitrogens with one attached hydrogen (secondary N) is 2. The molecule has 1 aliphatic heterocycles. The van der Waals surface area contributed by atoms with Gasteiger partial charge in [-0.05, 0) is 106 Å². The second kappa shape index (κ2) is 12.3. The van der Waals surface area contributed by atoms with E-state index >= 15 is 0 Å². The topological polar surface area (TPSA) is 91.7 Å². The van der Waals surface area contributed by atoms with E-state index in [2.05, 4.69) is 82.5 Å². The van der Waals surface area contributed by atoms with Gasteiger partial charge in [0.15, 0.2) is 5.11 Å². The first-order valence-corrected chi connectivity index (χ1v) is 16.6. The number of benzene rings is 2. The van der Waals surface area contributed by atoms with Gasteiger partial charge in [-0.1, -0.05) is 6.07 Å². The third kappa shape index (κ3) is 6.05. The van der Waals surface area contributed by atoms with Crippen LogP contribution in [0.2, 0.25) is 0 Å². The zero-order valence-corrected chi connectivity index (χ0v) is 27.0. The standard InChI is InChI=1S/C32H38N6O3S2/c1-7-36(8-2)23-12-14-24(15-13-23)37-21(3)19-26(22(37)4)31-30(27-11-9-10-18-33-27)34-32(42)38(31)25-16-17-29(41-5)28(20-25)35-43(6,39)40/h9-20,30-31,35H,7-8H2,1-6H3,(H,34,42)/t30-,31+/m1/s1. The van der Waals surface area contributed by atoms with E-state index in [1.165, 1.54) is 12.8 Å². The molecule has 5 rings (SSSR count). The van der Waals surface area contributed by atoms with Crippen LogP contribution in [0.15, 0.2) is 72.9 Å². The Labute approximate surface area is 259 Å². The Bertz CT molecular complexity index is 1720. The van der Waals surface area contributed by atoms with Crippen molar-refractivity contribution in [1.82, 2.24) is 14.9 Å². The van der Waals surface area contributed by atoms with Crippen molar-refractivity contribution in [1.29, 1.82) is 0 Å². The van der Waals surface area contributed by atoms with Crippen molar-refractivity contribution in [3.05, 3.63) is 95.6 Å². The molecule has 226 valence electrons. The van der Waals surface area contributed by atoms with Crippen molar-refractivity contribution < 1.29 is 13.2 Å². The molecule has 1 fully saturated rings. The van der Waals surface area contributed by atoms with Gasteiger partial charge in [-0.3, -0.25) is 9.71 Å². The van der Waals surface area contributed by atoms with Gasteiger partial charge in [0, 0.05) is 47.7 Å². The van der Waals surface area contributed by atoms with Gasteiger partial charge < -0.3 is 24.4 Å². The fourth-order valence-electron chi connectivity index (χ4n) is 5.96. The number of methoxy groups -OCH3 is 1. The predicted molar refractivity (Wildman–Crippen MR) is 178 cm³/mol. The van der Waals surface area contributed by atoms with Gasteiger partial charge in [-0.15, -0.1) is 0 Å². The van der Waals surface area contributed by atoms with Crippen molar-refractivity contribution in [2.45, 2.75) is 39.8 Å². The molecule has 4 aromatic rings. The number of sulfonamides is 1. The van der Waals surface area contributed by atoms with E-state index in [9.17, 15) is 8.42 Å². The van der Waals surface area contributed by atoms with Gasteiger partial charge in [0.2, 0.25) is 10.0 Å². The summed E-state index contributed by atoms with van der Waals surface area (Å²) in [5.74, 6) is 0.413. The number of anilines is 3. The van der Waals surface area contributed by atoms with Crippen molar-refractivity contribution in [3.8, 4) is 11.4 Å². The minimum atomic E-state index is -3.55. The molecule has 0 unspecified atom stereocenters. The highest BCUT2D eigenvalue weighted by Gasteiger charge is 2.42. The zero-order chi connectivity index (χ0) is 30.9. The molecule has 2 N–H and O–H groups in total. The second-order valence-corrected chi connectivity index (χ2v) is 12.7. The molecule has 1 saturated heterocycles. The first-order valence-electron chi connectivity index (χ1n) is 14.3. The molecule has 0 bridgehead atoms. The number of nitrogens with zero attached hydrogens (tertiary/aromatic N) is 4. The number of aryl methyl sites for hydroxylation is 1. The van der Waals surface area contributed by atoms with Crippen molar-refractivity contribution >= 4 is 44.4 Å². The highest BCUT2D eigenvalue weighted by Crippen LogP contribution is 2.45. The average Bonchev–Trinajstić information content (AvgIpc) is 3.48. The third-order valence-electron chi connectivity index (χ3n) is 7.88. The Morgan fingerprint density at radius 1 is 1.02 bits per heavy atom. The molecule has 0 amide bonds. The van der Waals surface area contributed by atoms with E-state index in [1.807, 2.05) is 29.2 Å². The number of rotatable bonds is 10. The number of ether oxygens (including phenoxy) is 1. The first kappa shape index (κ1) is 30.4. The van der Waals surface area contributed by atoms with Crippen LogP contribution in [0.3, 0.4) is 0 Å². The van der Waals surface area contributed by atoms with Gasteiger partial charge in [0.1, 0.15) is 5.75 Å². The van der Waals surface area contributed by atoms with E-state index in [0.29, 0.717) is 16.5 Å². The average molecular weight is 619 g/mol. The summed E-state index contributed by atoms with van der Waals surface area (Å²) in [7, 11) is -2.04. The van der Waals surface area contributed by atoms with Crippen LogP contribution < -0.4 is 24.6 Å². The Morgan fingerprint density at radius 2 is 1.72 bits per heavy atom. The molecule has 2 aromatic carbocycles. The van der Waals surface area contributed by atoms with Crippen molar-refractivity contribution in [2.75, 3.05) is 41.0 Å². The highest BCUT2D eigenvalue weighted by molar-refractivity contribution is 7.92. The van der Waals surface area contributed by atoms with E-state index < -0.39 is 10.0 Å². The van der Waals surface area contributed by atoms with Crippen LogP contribution in [0.5, 0.6) is 5.75 Å². The largest absolute Gasteiger partial charge is 0.495 e. The van der Waals surface area contributed by atoms with Crippen LogP contribution in [0, 0.1) is 13.8 Å². The predicted octanol–water partition coefficient (Wildman–Crippen LogP) is 5.89. The number of pyridine rings is 1. The lowest BCUT2D eigenvalue weighted by Gasteiger charge is -2.29. The van der Waals surface area contributed by atoms with Crippen LogP contribution in [-0.4, -0.2) is 49.5 Å². The summed E-state index contributed by atoms with van der Waals surface area (Å²) in [5.41, 5.74) is 7.45. The molecular formula is C32H38N6O3S2. The highest BCUT2D eigenvalue weighted by atomic mass is 32.2. The first-order chi connectivity index (χ1) is 20.6. The minimum absolute atomic E-state index is 0.249. The molecule has 11 heteroatoms. The Morgan fingerprint density at radius 3 is 2.33 bits per heavy atom. The van der Waals surface area contributed by atoms with Crippen LogP contribution in [0.4, 0.5) is 17.1 Å². The van der Waals surface area contributed by atoms with Crippen LogP contribution in [0.1, 0.15) is 48.6 Å². The molecule has 0 spiro atoms. The molecule has 0 radical (unpaired) electrons. The Kier molecular flexibility index (Phi) is 8.66. The van der Waals surface area contributed by atoms with E-state index in [0.717, 1.165) is 53.4 Å². The van der Waals surface area contributed by atoms with Gasteiger partial charge in [-0.25, -0.2) is 8.42 Å². The van der Waals surface area contributed by atoms with Crippen molar-refractivity contribution in [3.63, 3.8) is 0 Å². The Hall–Kier alpha value is -4.09. The molecule has 1 aliphatic rings. The summed E-state index contributed by atoms with van der Waals surface area (Å²) < 4.78 is 34.6. The molecule has 2 atom stereocenters. The summed E-state index contributed by atoms with van der Waals surface area (Å²) in [4.78, 5) is 9.04. The van der Waals surface area contributed by atoms with Crippen LogP contribution in [0.25, 0.3) is 5.69 Å². The van der Waals surface area contributed by atoms with E-state index in [1.54, 1.807) is 18.3 Å². The number of hydrogen-bond acceptors (Lipinski definition) is 6. The smallest absolute Gasteiger partial charge is 0.229 e. The maximum atomic E-state index is 12.2. The summed E-state index contributed by atoms with van der Waals surface area (Å²) in [6.45, 7) is 10.5. The number of aromatic nitrogens is 2. The normalized spacial score (nSPS) is 16.7. The van der Waals surface area contributed by atoms with Crippen LogP contribution >= 0.6 is 12.2 Å². The van der Waals surface area contributed by atoms with Crippen LogP contribution in [-0.2, 0) is 10.0 Å².